The van der Waals surface area contributed by atoms with Crippen LogP contribution in [0.25, 0.3) is 22.2 Å². The average molecular weight is 468 g/mol. The Kier molecular flexibility index (Phi) is 5.87. The molecule has 2 aromatic heterocycles. The first-order chi connectivity index (χ1) is 15.6. The Morgan fingerprint density at radius 1 is 1.09 bits per heavy atom. The third kappa shape index (κ3) is 4.11. The van der Waals surface area contributed by atoms with Crippen LogP contribution in [0.2, 0.25) is 10.0 Å². The summed E-state index contributed by atoms with van der Waals surface area (Å²) in [6.07, 6.45) is 1.80. The maximum atomic E-state index is 6.35. The highest BCUT2D eigenvalue weighted by molar-refractivity contribution is 6.36. The lowest BCUT2D eigenvalue weighted by Gasteiger charge is -2.30. The molecule has 1 saturated heterocycles. The molecule has 1 fully saturated rings. The summed E-state index contributed by atoms with van der Waals surface area (Å²) >= 11 is 12.7. The van der Waals surface area contributed by atoms with Crippen LogP contribution < -0.4 is 15.5 Å². The number of anilines is 2. The smallest absolute Gasteiger partial charge is 0.172 e. The summed E-state index contributed by atoms with van der Waals surface area (Å²) in [5, 5.41) is 16.5. The maximum Gasteiger partial charge on any atom is 0.172 e. The van der Waals surface area contributed by atoms with Gasteiger partial charge in [0.15, 0.2) is 11.6 Å². The lowest BCUT2D eigenvalue weighted by molar-refractivity contribution is 0.585. The molecule has 32 heavy (non-hydrogen) atoms. The molecule has 0 aliphatic carbocycles. The number of piperazine rings is 1. The Balaban J connectivity index is 1.50. The number of halogens is 2. The SMILES string of the molecule is Cc1n[nH]c2ccc(-c3cnc(NCc4c(Cl)cccc4Cl)c(N4CCNCC4)n3)cc12. The normalized spacial score (nSPS) is 14.2. The summed E-state index contributed by atoms with van der Waals surface area (Å²) < 4.78 is 0. The summed E-state index contributed by atoms with van der Waals surface area (Å²) in [5.41, 5.74) is 4.64. The van der Waals surface area contributed by atoms with E-state index in [-0.39, 0.29) is 0 Å². The standard InChI is InChI=1S/C23H23Cl2N7/c1-14-16-11-15(5-6-20(16)31-30-14)21-13-28-22(23(29-21)32-9-7-26-8-10-32)27-12-17-18(24)3-2-4-19(17)25/h2-6,11,13,26H,7-10,12H2,1H3,(H,27,28)(H,30,31). The predicted molar refractivity (Wildman–Crippen MR) is 131 cm³/mol. The molecule has 0 radical (unpaired) electrons. The molecule has 9 heteroatoms. The van der Waals surface area contributed by atoms with E-state index in [9.17, 15) is 0 Å². The van der Waals surface area contributed by atoms with Gasteiger partial charge in [-0.3, -0.25) is 5.10 Å². The Hall–Kier alpha value is -2.87. The first kappa shape index (κ1) is 21.0. The molecular weight excluding hydrogens is 445 g/mol. The van der Waals surface area contributed by atoms with Crippen LogP contribution in [-0.2, 0) is 6.54 Å². The van der Waals surface area contributed by atoms with Gasteiger partial charge in [0, 0.05) is 59.3 Å². The number of nitrogens with zero attached hydrogens (tertiary/aromatic N) is 4. The molecule has 1 aliphatic heterocycles. The average Bonchev–Trinajstić information content (AvgIpc) is 3.19. The van der Waals surface area contributed by atoms with Crippen molar-refractivity contribution in [3.63, 3.8) is 0 Å². The van der Waals surface area contributed by atoms with Gasteiger partial charge in [0.25, 0.3) is 0 Å². The van der Waals surface area contributed by atoms with Crippen LogP contribution >= 0.6 is 23.2 Å². The number of fused-ring (bicyclic) bond motifs is 1. The number of aromatic nitrogens is 4. The van der Waals surface area contributed by atoms with Crippen LogP contribution in [0.1, 0.15) is 11.3 Å². The number of hydrogen-bond donors (Lipinski definition) is 3. The second-order valence-corrected chi connectivity index (χ2v) is 8.60. The number of rotatable bonds is 5. The number of H-pyrrole nitrogens is 1. The number of benzene rings is 2. The second kappa shape index (κ2) is 8.94. The number of aryl methyl sites for hydroxylation is 1. The minimum absolute atomic E-state index is 0.464. The molecule has 1 aliphatic rings. The van der Waals surface area contributed by atoms with Crippen molar-refractivity contribution in [3.05, 3.63) is 63.9 Å². The van der Waals surface area contributed by atoms with Crippen molar-refractivity contribution in [2.24, 2.45) is 0 Å². The molecule has 164 valence electrons. The van der Waals surface area contributed by atoms with Gasteiger partial charge < -0.3 is 15.5 Å². The number of hydrogen-bond acceptors (Lipinski definition) is 6. The molecule has 0 bridgehead atoms. The summed E-state index contributed by atoms with van der Waals surface area (Å²) in [5.74, 6) is 1.54. The van der Waals surface area contributed by atoms with Gasteiger partial charge in [-0.2, -0.15) is 5.10 Å². The maximum absolute atomic E-state index is 6.35. The predicted octanol–water partition coefficient (Wildman–Crippen LogP) is 4.66. The first-order valence-electron chi connectivity index (χ1n) is 10.5. The van der Waals surface area contributed by atoms with Crippen LogP contribution in [0.15, 0.2) is 42.6 Å². The topological polar surface area (TPSA) is 81.8 Å². The highest BCUT2D eigenvalue weighted by atomic mass is 35.5. The van der Waals surface area contributed by atoms with Gasteiger partial charge in [-0.05, 0) is 31.2 Å². The molecule has 3 heterocycles. The molecular formula is C23H23Cl2N7. The van der Waals surface area contributed by atoms with Crippen LogP contribution in [0.5, 0.6) is 0 Å². The van der Waals surface area contributed by atoms with E-state index in [1.807, 2.05) is 37.3 Å². The highest BCUT2D eigenvalue weighted by Gasteiger charge is 2.19. The molecule has 2 aromatic carbocycles. The summed E-state index contributed by atoms with van der Waals surface area (Å²) in [4.78, 5) is 12.0. The zero-order valence-electron chi connectivity index (χ0n) is 17.6. The number of nitrogens with one attached hydrogen (secondary N) is 3. The van der Waals surface area contributed by atoms with E-state index in [1.54, 1.807) is 6.20 Å². The van der Waals surface area contributed by atoms with Gasteiger partial charge in [-0.1, -0.05) is 35.3 Å². The van der Waals surface area contributed by atoms with Crippen molar-refractivity contribution in [3.8, 4) is 11.3 Å². The van der Waals surface area contributed by atoms with Gasteiger partial charge in [0.1, 0.15) is 0 Å². The van der Waals surface area contributed by atoms with E-state index >= 15 is 0 Å². The Morgan fingerprint density at radius 3 is 2.66 bits per heavy atom. The van der Waals surface area contributed by atoms with Gasteiger partial charge in [0.2, 0.25) is 0 Å². The lowest BCUT2D eigenvalue weighted by atomic mass is 10.1. The van der Waals surface area contributed by atoms with Crippen molar-refractivity contribution in [2.45, 2.75) is 13.5 Å². The molecule has 5 rings (SSSR count). The quantitative estimate of drug-likeness (QED) is 0.396. The summed E-state index contributed by atoms with van der Waals surface area (Å²) in [7, 11) is 0. The van der Waals surface area contributed by atoms with Crippen molar-refractivity contribution in [1.82, 2.24) is 25.5 Å². The molecule has 7 nitrogen and oxygen atoms in total. The largest absolute Gasteiger partial charge is 0.363 e. The zero-order valence-corrected chi connectivity index (χ0v) is 19.1. The van der Waals surface area contributed by atoms with Gasteiger partial charge in [-0.25, -0.2) is 9.97 Å². The Bertz CT molecular complexity index is 1240. The number of aromatic amines is 1. The van der Waals surface area contributed by atoms with E-state index in [2.05, 4.69) is 31.8 Å². The molecule has 0 atom stereocenters. The van der Waals surface area contributed by atoms with E-state index in [0.29, 0.717) is 22.4 Å². The van der Waals surface area contributed by atoms with E-state index in [0.717, 1.165) is 65.4 Å². The molecule has 3 N–H and O–H groups in total. The van der Waals surface area contributed by atoms with E-state index < -0.39 is 0 Å². The molecule has 0 saturated carbocycles. The summed E-state index contributed by atoms with van der Waals surface area (Å²) in [6, 6.07) is 11.7. The van der Waals surface area contributed by atoms with Crippen molar-refractivity contribution < 1.29 is 0 Å². The third-order valence-corrected chi connectivity index (χ3v) is 6.42. The Morgan fingerprint density at radius 2 is 1.88 bits per heavy atom. The summed E-state index contributed by atoms with van der Waals surface area (Å²) in [6.45, 7) is 5.99. The molecule has 0 spiro atoms. The van der Waals surface area contributed by atoms with Crippen LogP contribution in [0, 0.1) is 6.92 Å². The third-order valence-electron chi connectivity index (χ3n) is 5.71. The fraction of sp³-hybridized carbons (Fsp3) is 0.261. The van der Waals surface area contributed by atoms with Crippen LogP contribution in [0.4, 0.5) is 11.6 Å². The van der Waals surface area contributed by atoms with Crippen LogP contribution in [0.3, 0.4) is 0 Å². The van der Waals surface area contributed by atoms with E-state index in [1.165, 1.54) is 0 Å². The lowest BCUT2D eigenvalue weighted by Crippen LogP contribution is -2.44. The fourth-order valence-electron chi connectivity index (χ4n) is 3.92. The zero-order chi connectivity index (χ0) is 22.1. The van der Waals surface area contributed by atoms with Crippen molar-refractivity contribution in [2.75, 3.05) is 36.4 Å². The molecule has 0 unspecified atom stereocenters. The highest BCUT2D eigenvalue weighted by Crippen LogP contribution is 2.30. The molecule has 4 aromatic rings. The van der Waals surface area contributed by atoms with Crippen molar-refractivity contribution in [1.29, 1.82) is 0 Å². The first-order valence-corrected chi connectivity index (χ1v) is 11.3. The van der Waals surface area contributed by atoms with Gasteiger partial charge in [-0.15, -0.1) is 0 Å². The molecule has 0 amide bonds. The monoisotopic (exact) mass is 467 g/mol. The van der Waals surface area contributed by atoms with Gasteiger partial charge in [0.05, 0.1) is 23.1 Å². The van der Waals surface area contributed by atoms with Crippen molar-refractivity contribution >= 4 is 45.7 Å². The fourth-order valence-corrected chi connectivity index (χ4v) is 4.45. The van der Waals surface area contributed by atoms with Gasteiger partial charge >= 0.3 is 0 Å². The van der Waals surface area contributed by atoms with E-state index in [4.69, 9.17) is 33.2 Å². The van der Waals surface area contributed by atoms with Crippen LogP contribution in [-0.4, -0.2) is 46.3 Å². The second-order valence-electron chi connectivity index (χ2n) is 7.79. The minimum Gasteiger partial charge on any atom is -0.363 e. The Labute approximate surface area is 196 Å². The minimum atomic E-state index is 0.464.